The molecule has 90 valence electrons. The van der Waals surface area contributed by atoms with Crippen molar-refractivity contribution >= 4 is 33.0 Å². The lowest BCUT2D eigenvalue weighted by Gasteiger charge is -2.10. The van der Waals surface area contributed by atoms with Gasteiger partial charge in [-0.25, -0.2) is 8.42 Å². The van der Waals surface area contributed by atoms with Crippen LogP contribution in [0, 0.1) is 5.92 Å². The Bertz CT molecular complexity index is 474. The molecule has 0 aromatic heterocycles. The molecule has 0 saturated heterocycles. The van der Waals surface area contributed by atoms with Crippen LogP contribution in [-0.4, -0.2) is 20.7 Å². The van der Waals surface area contributed by atoms with Crippen molar-refractivity contribution in [3.05, 3.63) is 28.2 Å². The van der Waals surface area contributed by atoms with E-state index in [-0.39, 0.29) is 21.6 Å². The Morgan fingerprint density at radius 1 is 1.31 bits per heavy atom. The molecule has 0 aliphatic carbocycles. The second kappa shape index (κ2) is 5.36. The zero-order valence-corrected chi connectivity index (χ0v) is 11.1. The van der Waals surface area contributed by atoms with Gasteiger partial charge in [0.05, 0.1) is 20.7 Å². The van der Waals surface area contributed by atoms with Gasteiger partial charge in [0.15, 0.2) is 9.84 Å². The first-order chi connectivity index (χ1) is 7.36. The highest BCUT2D eigenvalue weighted by Crippen LogP contribution is 2.25. The Labute approximate surface area is 105 Å². The molecule has 3 nitrogen and oxygen atoms in total. The first-order valence-electron chi connectivity index (χ1n) is 4.74. The second-order valence-electron chi connectivity index (χ2n) is 3.70. The van der Waals surface area contributed by atoms with E-state index in [0.29, 0.717) is 11.6 Å². The average Bonchev–Trinajstić information content (AvgIpc) is 2.21. The third kappa shape index (κ3) is 3.35. The van der Waals surface area contributed by atoms with Crippen LogP contribution in [0.25, 0.3) is 0 Å². The molecule has 0 aliphatic heterocycles. The molecule has 0 bridgehead atoms. The maximum atomic E-state index is 11.9. The molecule has 1 rings (SSSR count). The molecule has 0 radical (unpaired) electrons. The smallest absolute Gasteiger partial charge is 0.178 e. The van der Waals surface area contributed by atoms with Gasteiger partial charge >= 0.3 is 0 Å². The number of benzene rings is 1. The van der Waals surface area contributed by atoms with Crippen molar-refractivity contribution in [2.75, 3.05) is 12.3 Å². The molecule has 0 aliphatic rings. The van der Waals surface area contributed by atoms with Crippen LogP contribution in [0.4, 0.5) is 0 Å². The zero-order valence-electron chi connectivity index (χ0n) is 8.78. The van der Waals surface area contributed by atoms with Crippen LogP contribution >= 0.6 is 23.2 Å². The van der Waals surface area contributed by atoms with E-state index in [4.69, 9.17) is 28.9 Å². The Morgan fingerprint density at radius 2 is 1.94 bits per heavy atom. The van der Waals surface area contributed by atoms with Crippen LogP contribution in [0.3, 0.4) is 0 Å². The summed E-state index contributed by atoms with van der Waals surface area (Å²) >= 11 is 11.5. The van der Waals surface area contributed by atoms with Gasteiger partial charge in [-0.2, -0.15) is 0 Å². The maximum Gasteiger partial charge on any atom is 0.178 e. The Balaban J connectivity index is 3.03. The molecule has 1 aromatic rings. The zero-order chi connectivity index (χ0) is 12.3. The molecule has 0 saturated carbocycles. The number of hydrogen-bond acceptors (Lipinski definition) is 3. The van der Waals surface area contributed by atoms with Crippen molar-refractivity contribution in [3.8, 4) is 0 Å². The van der Waals surface area contributed by atoms with Gasteiger partial charge in [-0.3, -0.25) is 0 Å². The summed E-state index contributed by atoms with van der Waals surface area (Å²) < 4.78 is 23.8. The van der Waals surface area contributed by atoms with Gasteiger partial charge in [0.2, 0.25) is 0 Å². The van der Waals surface area contributed by atoms with Crippen molar-refractivity contribution in [1.82, 2.24) is 0 Å². The summed E-state index contributed by atoms with van der Waals surface area (Å²) in [6.45, 7) is 2.12. The molecule has 0 fully saturated rings. The summed E-state index contributed by atoms with van der Waals surface area (Å²) in [6, 6.07) is 4.29. The van der Waals surface area contributed by atoms with E-state index in [1.165, 1.54) is 18.2 Å². The van der Waals surface area contributed by atoms with Gasteiger partial charge < -0.3 is 5.73 Å². The molecule has 1 atom stereocenters. The fourth-order valence-electron chi connectivity index (χ4n) is 1.21. The molecular weight excluding hydrogens is 269 g/mol. The Hall–Kier alpha value is -0.290. The van der Waals surface area contributed by atoms with Crippen LogP contribution in [0.1, 0.15) is 6.92 Å². The predicted octanol–water partition coefficient (Wildman–Crippen LogP) is 2.36. The fraction of sp³-hybridized carbons (Fsp3) is 0.400. The first-order valence-corrected chi connectivity index (χ1v) is 7.15. The first kappa shape index (κ1) is 13.8. The molecule has 16 heavy (non-hydrogen) atoms. The Morgan fingerprint density at radius 3 is 2.44 bits per heavy atom. The van der Waals surface area contributed by atoms with Crippen molar-refractivity contribution in [2.45, 2.75) is 11.8 Å². The minimum atomic E-state index is -3.33. The third-order valence-electron chi connectivity index (χ3n) is 2.16. The highest BCUT2D eigenvalue weighted by molar-refractivity contribution is 7.91. The minimum absolute atomic E-state index is 0.0153. The van der Waals surface area contributed by atoms with E-state index in [2.05, 4.69) is 0 Å². The SMILES string of the molecule is CC(CN)CS(=O)(=O)c1ccc(Cl)c(Cl)c1. The molecule has 0 amide bonds. The summed E-state index contributed by atoms with van der Waals surface area (Å²) in [5, 5.41) is 0.579. The largest absolute Gasteiger partial charge is 0.330 e. The fourth-order valence-corrected chi connectivity index (χ4v) is 3.22. The lowest BCUT2D eigenvalue weighted by atomic mass is 10.2. The predicted molar refractivity (Wildman–Crippen MR) is 66.7 cm³/mol. The van der Waals surface area contributed by atoms with E-state index >= 15 is 0 Å². The van der Waals surface area contributed by atoms with Crippen LogP contribution in [0.5, 0.6) is 0 Å². The van der Waals surface area contributed by atoms with Crippen LogP contribution in [0.2, 0.25) is 10.0 Å². The number of hydrogen-bond donors (Lipinski definition) is 1. The van der Waals surface area contributed by atoms with Crippen molar-refractivity contribution in [2.24, 2.45) is 11.7 Å². The molecule has 0 spiro atoms. The molecule has 6 heteroatoms. The molecule has 1 aromatic carbocycles. The molecule has 1 unspecified atom stereocenters. The van der Waals surface area contributed by atoms with E-state index in [0.717, 1.165) is 0 Å². The maximum absolute atomic E-state index is 11.9. The standard InChI is InChI=1S/C10H13Cl2NO2S/c1-7(5-13)6-16(14,15)8-2-3-9(11)10(12)4-8/h2-4,7H,5-6,13H2,1H3. The van der Waals surface area contributed by atoms with E-state index in [1.54, 1.807) is 6.92 Å². The van der Waals surface area contributed by atoms with Gasteiger partial charge in [-0.15, -0.1) is 0 Å². The molecule has 2 N–H and O–H groups in total. The van der Waals surface area contributed by atoms with Crippen LogP contribution < -0.4 is 5.73 Å². The number of rotatable bonds is 4. The van der Waals surface area contributed by atoms with Crippen molar-refractivity contribution in [1.29, 1.82) is 0 Å². The quantitative estimate of drug-likeness (QED) is 0.922. The second-order valence-corrected chi connectivity index (χ2v) is 6.55. The number of nitrogens with two attached hydrogens (primary N) is 1. The highest BCUT2D eigenvalue weighted by atomic mass is 35.5. The van der Waals surface area contributed by atoms with Gasteiger partial charge in [0, 0.05) is 0 Å². The van der Waals surface area contributed by atoms with E-state index in [1.807, 2.05) is 0 Å². The summed E-state index contributed by atoms with van der Waals surface area (Å²) in [7, 11) is -3.33. The monoisotopic (exact) mass is 281 g/mol. The number of halogens is 2. The lowest BCUT2D eigenvalue weighted by Crippen LogP contribution is -2.21. The summed E-state index contributed by atoms with van der Waals surface area (Å²) in [5.41, 5.74) is 5.40. The van der Waals surface area contributed by atoms with Crippen molar-refractivity contribution in [3.63, 3.8) is 0 Å². The molecular formula is C10H13Cl2NO2S. The number of sulfone groups is 1. The minimum Gasteiger partial charge on any atom is -0.330 e. The van der Waals surface area contributed by atoms with Gasteiger partial charge in [-0.05, 0) is 30.7 Å². The third-order valence-corrected chi connectivity index (χ3v) is 4.88. The normalized spacial score (nSPS) is 13.8. The van der Waals surface area contributed by atoms with Crippen molar-refractivity contribution < 1.29 is 8.42 Å². The van der Waals surface area contributed by atoms with E-state index in [9.17, 15) is 8.42 Å². The lowest BCUT2D eigenvalue weighted by molar-refractivity contribution is 0.574. The van der Waals surface area contributed by atoms with Gasteiger partial charge in [0.1, 0.15) is 0 Å². The average molecular weight is 282 g/mol. The van der Waals surface area contributed by atoms with Gasteiger partial charge in [-0.1, -0.05) is 30.1 Å². The van der Waals surface area contributed by atoms with Crippen LogP contribution in [-0.2, 0) is 9.84 Å². The summed E-state index contributed by atoms with van der Waals surface area (Å²) in [5.74, 6) is -0.0685. The van der Waals surface area contributed by atoms with E-state index < -0.39 is 9.84 Å². The Kier molecular flexibility index (Phi) is 4.62. The summed E-state index contributed by atoms with van der Waals surface area (Å²) in [4.78, 5) is 0.183. The molecule has 0 heterocycles. The highest BCUT2D eigenvalue weighted by Gasteiger charge is 2.18. The van der Waals surface area contributed by atoms with Crippen LogP contribution in [0.15, 0.2) is 23.1 Å². The topological polar surface area (TPSA) is 60.2 Å². The van der Waals surface area contributed by atoms with Gasteiger partial charge in [0.25, 0.3) is 0 Å². The summed E-state index contributed by atoms with van der Waals surface area (Å²) in [6.07, 6.45) is 0.